The summed E-state index contributed by atoms with van der Waals surface area (Å²) in [4.78, 5) is 8.60. The second-order valence-corrected chi connectivity index (χ2v) is 8.00. The zero-order valence-electron chi connectivity index (χ0n) is 17.5. The summed E-state index contributed by atoms with van der Waals surface area (Å²) in [7, 11) is 0. The number of anilines is 2. The lowest BCUT2D eigenvalue weighted by molar-refractivity contribution is 0.0642. The molecule has 1 aliphatic rings. The highest BCUT2D eigenvalue weighted by atomic mass is 16.5. The van der Waals surface area contributed by atoms with Crippen molar-refractivity contribution in [1.82, 2.24) is 19.7 Å². The number of nitrogens with zero attached hydrogens (tertiary/aromatic N) is 4. The summed E-state index contributed by atoms with van der Waals surface area (Å²) in [6.45, 7) is 6.85. The fraction of sp³-hybridized carbons (Fsp3) is 0.409. The molecule has 0 spiro atoms. The van der Waals surface area contributed by atoms with Crippen LogP contribution in [0.25, 0.3) is 0 Å². The van der Waals surface area contributed by atoms with Crippen LogP contribution in [0.5, 0.6) is 11.6 Å². The lowest BCUT2D eigenvalue weighted by Crippen LogP contribution is -2.21. The summed E-state index contributed by atoms with van der Waals surface area (Å²) in [5, 5.41) is 18.1. The molecule has 3 aromatic heterocycles. The molecule has 0 atom stereocenters. The Bertz CT molecular complexity index is 1010. The van der Waals surface area contributed by atoms with Gasteiger partial charge in [0.2, 0.25) is 5.88 Å². The maximum absolute atomic E-state index is 10.2. The van der Waals surface area contributed by atoms with Gasteiger partial charge in [0.1, 0.15) is 17.2 Å². The molecule has 0 radical (unpaired) electrons. The molecule has 8 nitrogen and oxygen atoms in total. The van der Waals surface area contributed by atoms with Crippen molar-refractivity contribution >= 4 is 11.5 Å². The zero-order chi connectivity index (χ0) is 21.1. The van der Waals surface area contributed by atoms with Gasteiger partial charge in [0, 0.05) is 43.4 Å². The van der Waals surface area contributed by atoms with Crippen molar-refractivity contribution in [3.05, 3.63) is 54.1 Å². The quantitative estimate of drug-likeness (QED) is 0.633. The third kappa shape index (κ3) is 4.77. The smallest absolute Gasteiger partial charge is 0.218 e. The molecular weight excluding hydrogens is 382 g/mol. The minimum Gasteiger partial charge on any atom is -0.439 e. The molecule has 158 valence electrons. The third-order valence-corrected chi connectivity index (χ3v) is 4.97. The van der Waals surface area contributed by atoms with Gasteiger partial charge in [0.05, 0.1) is 17.4 Å². The van der Waals surface area contributed by atoms with Gasteiger partial charge in [-0.15, -0.1) is 0 Å². The van der Waals surface area contributed by atoms with E-state index in [1.807, 2.05) is 35.9 Å². The fourth-order valence-electron chi connectivity index (χ4n) is 3.41. The molecule has 0 saturated carbocycles. The number of aliphatic hydroxyl groups is 1. The largest absolute Gasteiger partial charge is 0.439 e. The highest BCUT2D eigenvalue weighted by Crippen LogP contribution is 2.31. The van der Waals surface area contributed by atoms with E-state index in [-0.39, 0.29) is 6.04 Å². The fourth-order valence-corrected chi connectivity index (χ4v) is 3.41. The number of aryl methyl sites for hydroxylation is 1. The van der Waals surface area contributed by atoms with Crippen LogP contribution < -0.4 is 10.1 Å². The van der Waals surface area contributed by atoms with E-state index >= 15 is 0 Å². The Morgan fingerprint density at radius 2 is 1.90 bits per heavy atom. The Kier molecular flexibility index (Phi) is 5.69. The predicted octanol–water partition coefficient (Wildman–Crippen LogP) is 4.10. The number of aromatic nitrogens is 4. The minimum absolute atomic E-state index is 0.277. The molecule has 0 amide bonds. The van der Waals surface area contributed by atoms with E-state index in [0.29, 0.717) is 23.1 Å². The first-order chi connectivity index (χ1) is 14.4. The van der Waals surface area contributed by atoms with E-state index in [1.54, 1.807) is 32.3 Å². The van der Waals surface area contributed by atoms with Gasteiger partial charge in [-0.05, 0) is 51.8 Å². The second kappa shape index (κ2) is 8.41. The molecular formula is C22H27N5O3. The SMILES string of the molecule is Cc1cc(Oc2ccnc(Nc3ccnc(C(C)(C)O)c3)c2)n(C2CCOCC2)n1. The average Bonchev–Trinajstić information content (AvgIpc) is 3.08. The Morgan fingerprint density at radius 3 is 2.67 bits per heavy atom. The van der Waals surface area contributed by atoms with E-state index in [1.165, 1.54) is 0 Å². The molecule has 3 aromatic rings. The molecule has 8 heteroatoms. The molecule has 1 aliphatic heterocycles. The molecule has 2 N–H and O–H groups in total. The van der Waals surface area contributed by atoms with Gasteiger partial charge in [-0.3, -0.25) is 4.98 Å². The molecule has 1 saturated heterocycles. The predicted molar refractivity (Wildman–Crippen MR) is 113 cm³/mol. The van der Waals surface area contributed by atoms with Crippen molar-refractivity contribution in [3.63, 3.8) is 0 Å². The third-order valence-electron chi connectivity index (χ3n) is 4.97. The molecule has 4 rings (SSSR count). The van der Waals surface area contributed by atoms with Gasteiger partial charge in [0.15, 0.2) is 0 Å². The van der Waals surface area contributed by atoms with Crippen LogP contribution in [0.3, 0.4) is 0 Å². The van der Waals surface area contributed by atoms with E-state index < -0.39 is 5.60 Å². The van der Waals surface area contributed by atoms with Crippen LogP contribution in [0.1, 0.15) is 44.1 Å². The first-order valence-corrected chi connectivity index (χ1v) is 10.1. The van der Waals surface area contributed by atoms with Crippen LogP contribution >= 0.6 is 0 Å². The molecule has 0 unspecified atom stereocenters. The lowest BCUT2D eigenvalue weighted by Gasteiger charge is -2.23. The maximum atomic E-state index is 10.2. The van der Waals surface area contributed by atoms with Gasteiger partial charge in [0.25, 0.3) is 0 Å². The summed E-state index contributed by atoms with van der Waals surface area (Å²) in [5.74, 6) is 2.01. The number of pyridine rings is 2. The van der Waals surface area contributed by atoms with E-state index in [9.17, 15) is 5.11 Å². The molecule has 0 bridgehead atoms. The second-order valence-electron chi connectivity index (χ2n) is 8.00. The minimum atomic E-state index is -1.02. The number of nitrogens with one attached hydrogen (secondary N) is 1. The van der Waals surface area contributed by atoms with Gasteiger partial charge >= 0.3 is 0 Å². The van der Waals surface area contributed by atoms with Gasteiger partial charge in [-0.1, -0.05) is 0 Å². The van der Waals surface area contributed by atoms with Gasteiger partial charge in [-0.2, -0.15) is 5.10 Å². The Balaban J connectivity index is 1.52. The standard InChI is InChI=1S/C22H27N5O3/c1-15-12-21(27(26-15)17-6-10-29-11-7-17)30-18-5-9-24-20(14-18)25-16-4-8-23-19(13-16)22(2,3)28/h4-5,8-9,12-14,17,28H,6-7,10-11H2,1-3H3,(H,23,24,25). The average molecular weight is 409 g/mol. The van der Waals surface area contributed by atoms with Crippen LogP contribution in [0.2, 0.25) is 0 Å². The van der Waals surface area contributed by atoms with E-state index in [0.717, 1.165) is 37.4 Å². The Morgan fingerprint density at radius 1 is 1.13 bits per heavy atom. The Labute approximate surface area is 175 Å². The molecule has 0 aromatic carbocycles. The van der Waals surface area contributed by atoms with Crippen LogP contribution in [-0.4, -0.2) is 38.1 Å². The molecule has 4 heterocycles. The maximum Gasteiger partial charge on any atom is 0.218 e. The van der Waals surface area contributed by atoms with Crippen LogP contribution in [-0.2, 0) is 10.3 Å². The number of hydrogen-bond acceptors (Lipinski definition) is 7. The number of ether oxygens (including phenoxy) is 2. The first-order valence-electron chi connectivity index (χ1n) is 10.1. The highest BCUT2D eigenvalue weighted by Gasteiger charge is 2.21. The van der Waals surface area contributed by atoms with Gasteiger partial charge < -0.3 is 19.9 Å². The van der Waals surface area contributed by atoms with Crippen molar-refractivity contribution in [1.29, 1.82) is 0 Å². The summed E-state index contributed by atoms with van der Waals surface area (Å²) in [6.07, 6.45) is 5.20. The summed E-state index contributed by atoms with van der Waals surface area (Å²) < 4.78 is 13.6. The molecule has 30 heavy (non-hydrogen) atoms. The number of hydrogen-bond donors (Lipinski definition) is 2. The first kappa shape index (κ1) is 20.3. The van der Waals surface area contributed by atoms with Crippen molar-refractivity contribution in [2.45, 2.75) is 45.3 Å². The topological polar surface area (TPSA) is 94.3 Å². The van der Waals surface area contributed by atoms with Crippen molar-refractivity contribution in [3.8, 4) is 11.6 Å². The molecule has 1 fully saturated rings. The van der Waals surface area contributed by atoms with E-state index in [4.69, 9.17) is 9.47 Å². The van der Waals surface area contributed by atoms with Crippen LogP contribution in [0.15, 0.2) is 42.7 Å². The normalized spacial score (nSPS) is 15.2. The monoisotopic (exact) mass is 409 g/mol. The summed E-state index contributed by atoms with van der Waals surface area (Å²) in [6, 6.07) is 9.50. The molecule has 0 aliphatic carbocycles. The van der Waals surface area contributed by atoms with Crippen LogP contribution in [0.4, 0.5) is 11.5 Å². The van der Waals surface area contributed by atoms with Crippen molar-refractivity contribution in [2.75, 3.05) is 18.5 Å². The summed E-state index contributed by atoms with van der Waals surface area (Å²) >= 11 is 0. The Hall–Kier alpha value is -2.97. The van der Waals surface area contributed by atoms with E-state index in [2.05, 4.69) is 20.4 Å². The highest BCUT2D eigenvalue weighted by molar-refractivity contribution is 5.57. The van der Waals surface area contributed by atoms with Crippen molar-refractivity contribution in [2.24, 2.45) is 0 Å². The number of rotatable bonds is 6. The zero-order valence-corrected chi connectivity index (χ0v) is 17.5. The van der Waals surface area contributed by atoms with Gasteiger partial charge in [-0.25, -0.2) is 9.67 Å². The lowest BCUT2D eigenvalue weighted by atomic mass is 10.0. The van der Waals surface area contributed by atoms with Crippen molar-refractivity contribution < 1.29 is 14.6 Å². The summed E-state index contributed by atoms with van der Waals surface area (Å²) in [5.41, 5.74) is 1.27. The van der Waals surface area contributed by atoms with Crippen LogP contribution in [0, 0.1) is 6.92 Å².